The Kier molecular flexibility index (Phi) is 4.18. The molecule has 0 saturated heterocycles. The SMILES string of the molecule is Cc1c(Cl)cccc1C(Cc1ccsc1)NN. The van der Waals surface area contributed by atoms with Gasteiger partial charge in [-0.25, -0.2) is 0 Å². The molecule has 0 spiro atoms. The van der Waals surface area contributed by atoms with Crippen molar-refractivity contribution < 1.29 is 0 Å². The van der Waals surface area contributed by atoms with E-state index in [4.69, 9.17) is 17.4 Å². The molecular formula is C13H15ClN2S. The van der Waals surface area contributed by atoms with Crippen LogP contribution in [0.5, 0.6) is 0 Å². The van der Waals surface area contributed by atoms with Gasteiger partial charge in [0.2, 0.25) is 0 Å². The quantitative estimate of drug-likeness (QED) is 0.657. The molecule has 0 aliphatic rings. The van der Waals surface area contributed by atoms with Crippen LogP contribution < -0.4 is 11.3 Å². The van der Waals surface area contributed by atoms with E-state index in [0.29, 0.717) is 0 Å². The van der Waals surface area contributed by atoms with Crippen LogP contribution in [-0.4, -0.2) is 0 Å². The first-order valence-electron chi connectivity index (χ1n) is 5.44. The van der Waals surface area contributed by atoms with Crippen molar-refractivity contribution in [2.45, 2.75) is 19.4 Å². The fourth-order valence-corrected chi connectivity index (χ4v) is 2.77. The first kappa shape index (κ1) is 12.6. The van der Waals surface area contributed by atoms with Crippen LogP contribution in [0, 0.1) is 6.92 Å². The Morgan fingerprint density at radius 1 is 1.41 bits per heavy atom. The van der Waals surface area contributed by atoms with Crippen molar-refractivity contribution in [2.75, 3.05) is 0 Å². The lowest BCUT2D eigenvalue weighted by atomic mass is 9.97. The van der Waals surface area contributed by atoms with Crippen LogP contribution in [0.2, 0.25) is 5.02 Å². The van der Waals surface area contributed by atoms with Crippen molar-refractivity contribution in [3.63, 3.8) is 0 Å². The second kappa shape index (κ2) is 5.65. The van der Waals surface area contributed by atoms with Crippen molar-refractivity contribution in [2.24, 2.45) is 5.84 Å². The minimum atomic E-state index is 0.100. The molecule has 2 rings (SSSR count). The molecule has 17 heavy (non-hydrogen) atoms. The highest BCUT2D eigenvalue weighted by Gasteiger charge is 2.14. The lowest BCUT2D eigenvalue weighted by Gasteiger charge is -2.18. The van der Waals surface area contributed by atoms with E-state index in [1.807, 2.05) is 19.1 Å². The zero-order valence-corrected chi connectivity index (χ0v) is 11.2. The molecular weight excluding hydrogens is 252 g/mol. The van der Waals surface area contributed by atoms with E-state index in [0.717, 1.165) is 22.6 Å². The van der Waals surface area contributed by atoms with Gasteiger partial charge in [0, 0.05) is 5.02 Å². The van der Waals surface area contributed by atoms with E-state index in [2.05, 4.69) is 28.3 Å². The maximum absolute atomic E-state index is 6.13. The van der Waals surface area contributed by atoms with Crippen LogP contribution in [0.1, 0.15) is 22.7 Å². The highest BCUT2D eigenvalue weighted by Crippen LogP contribution is 2.26. The topological polar surface area (TPSA) is 38.0 Å². The number of hydrazine groups is 1. The highest BCUT2D eigenvalue weighted by atomic mass is 35.5. The Balaban J connectivity index is 2.26. The van der Waals surface area contributed by atoms with Crippen LogP contribution in [0.15, 0.2) is 35.0 Å². The van der Waals surface area contributed by atoms with Crippen LogP contribution in [0.25, 0.3) is 0 Å². The molecule has 90 valence electrons. The van der Waals surface area contributed by atoms with E-state index >= 15 is 0 Å². The van der Waals surface area contributed by atoms with Gasteiger partial charge in [0.1, 0.15) is 0 Å². The highest BCUT2D eigenvalue weighted by molar-refractivity contribution is 7.07. The number of halogens is 1. The van der Waals surface area contributed by atoms with Crippen LogP contribution in [-0.2, 0) is 6.42 Å². The average Bonchev–Trinajstić information content (AvgIpc) is 2.83. The van der Waals surface area contributed by atoms with E-state index in [1.165, 1.54) is 5.56 Å². The van der Waals surface area contributed by atoms with Crippen molar-refractivity contribution in [1.29, 1.82) is 0 Å². The summed E-state index contributed by atoms with van der Waals surface area (Å²) in [4.78, 5) is 0. The second-order valence-corrected chi connectivity index (χ2v) is 5.20. The van der Waals surface area contributed by atoms with Gasteiger partial charge in [-0.05, 0) is 52.9 Å². The molecule has 2 nitrogen and oxygen atoms in total. The number of nitrogens with two attached hydrogens (primary N) is 1. The van der Waals surface area contributed by atoms with E-state index in [9.17, 15) is 0 Å². The van der Waals surface area contributed by atoms with Crippen molar-refractivity contribution in [3.05, 3.63) is 56.7 Å². The molecule has 0 fully saturated rings. The van der Waals surface area contributed by atoms with Gasteiger partial charge in [0.05, 0.1) is 6.04 Å². The number of hydrogen-bond donors (Lipinski definition) is 2. The number of thiophene rings is 1. The van der Waals surface area contributed by atoms with E-state index in [1.54, 1.807) is 11.3 Å². The first-order chi connectivity index (χ1) is 8.22. The zero-order valence-electron chi connectivity index (χ0n) is 9.61. The van der Waals surface area contributed by atoms with Gasteiger partial charge >= 0.3 is 0 Å². The van der Waals surface area contributed by atoms with Crippen LogP contribution >= 0.6 is 22.9 Å². The molecule has 0 saturated carbocycles. The fraction of sp³-hybridized carbons (Fsp3) is 0.231. The van der Waals surface area contributed by atoms with Crippen LogP contribution in [0.3, 0.4) is 0 Å². The first-order valence-corrected chi connectivity index (χ1v) is 6.76. The Morgan fingerprint density at radius 3 is 2.88 bits per heavy atom. The molecule has 0 radical (unpaired) electrons. The molecule has 1 unspecified atom stereocenters. The number of hydrogen-bond acceptors (Lipinski definition) is 3. The molecule has 4 heteroatoms. The van der Waals surface area contributed by atoms with Gasteiger partial charge in [-0.15, -0.1) is 0 Å². The molecule has 0 bridgehead atoms. The summed E-state index contributed by atoms with van der Waals surface area (Å²) in [7, 11) is 0. The smallest absolute Gasteiger partial charge is 0.0503 e. The third-order valence-electron chi connectivity index (χ3n) is 2.91. The molecule has 3 N–H and O–H groups in total. The van der Waals surface area contributed by atoms with Gasteiger partial charge in [-0.2, -0.15) is 11.3 Å². The van der Waals surface area contributed by atoms with Gasteiger partial charge < -0.3 is 0 Å². The number of nitrogens with one attached hydrogen (secondary N) is 1. The summed E-state index contributed by atoms with van der Waals surface area (Å²) in [5, 5.41) is 5.01. The Hall–Kier alpha value is -0.870. The molecule has 1 aromatic carbocycles. The molecule has 2 aromatic rings. The van der Waals surface area contributed by atoms with Gasteiger partial charge in [0.25, 0.3) is 0 Å². The van der Waals surface area contributed by atoms with Crippen molar-refractivity contribution in [3.8, 4) is 0 Å². The third kappa shape index (κ3) is 2.87. The average molecular weight is 267 g/mol. The lowest BCUT2D eigenvalue weighted by molar-refractivity contribution is 0.550. The van der Waals surface area contributed by atoms with Crippen molar-refractivity contribution >= 4 is 22.9 Å². The number of rotatable bonds is 4. The summed E-state index contributed by atoms with van der Waals surface area (Å²) >= 11 is 7.83. The predicted molar refractivity (Wildman–Crippen MR) is 74.3 cm³/mol. The summed E-state index contributed by atoms with van der Waals surface area (Å²) in [6, 6.07) is 8.15. The molecule has 1 aromatic heterocycles. The minimum Gasteiger partial charge on any atom is -0.271 e. The lowest BCUT2D eigenvalue weighted by Crippen LogP contribution is -2.30. The summed E-state index contributed by atoms with van der Waals surface area (Å²) in [6.07, 6.45) is 0.876. The van der Waals surface area contributed by atoms with Crippen LogP contribution in [0.4, 0.5) is 0 Å². The Bertz CT molecular complexity index is 482. The van der Waals surface area contributed by atoms with Gasteiger partial charge in [-0.3, -0.25) is 11.3 Å². The maximum Gasteiger partial charge on any atom is 0.0503 e. The molecule has 1 heterocycles. The largest absolute Gasteiger partial charge is 0.271 e. The van der Waals surface area contributed by atoms with Gasteiger partial charge in [-0.1, -0.05) is 23.7 Å². The number of benzene rings is 1. The van der Waals surface area contributed by atoms with E-state index < -0.39 is 0 Å². The maximum atomic E-state index is 6.13. The third-order valence-corrected chi connectivity index (χ3v) is 4.05. The summed E-state index contributed by atoms with van der Waals surface area (Å²) in [5.74, 6) is 5.65. The summed E-state index contributed by atoms with van der Waals surface area (Å²) in [6.45, 7) is 2.02. The normalized spacial score (nSPS) is 12.6. The Labute approximate surface area is 110 Å². The monoisotopic (exact) mass is 266 g/mol. The molecule has 0 amide bonds. The van der Waals surface area contributed by atoms with Gasteiger partial charge in [0.15, 0.2) is 0 Å². The predicted octanol–water partition coefficient (Wildman–Crippen LogP) is 3.46. The molecule has 1 atom stereocenters. The molecule has 0 aliphatic heterocycles. The second-order valence-electron chi connectivity index (χ2n) is 4.01. The fourth-order valence-electron chi connectivity index (χ4n) is 1.90. The summed E-state index contributed by atoms with van der Waals surface area (Å²) < 4.78 is 0. The Morgan fingerprint density at radius 2 is 2.24 bits per heavy atom. The minimum absolute atomic E-state index is 0.100. The van der Waals surface area contributed by atoms with Crippen molar-refractivity contribution in [1.82, 2.24) is 5.43 Å². The van der Waals surface area contributed by atoms with E-state index in [-0.39, 0.29) is 6.04 Å². The summed E-state index contributed by atoms with van der Waals surface area (Å²) in [5.41, 5.74) is 6.41. The standard InChI is InChI=1S/C13H15ClN2S/c1-9-11(3-2-4-12(9)14)13(16-15)7-10-5-6-17-8-10/h2-6,8,13,16H,7,15H2,1H3. The zero-order chi connectivity index (χ0) is 12.3. The molecule has 0 aliphatic carbocycles.